The maximum Gasteiger partial charge on any atom is 0.257 e. The number of carbonyl (C=O) groups is 2. The molecule has 230 valence electrons. The summed E-state index contributed by atoms with van der Waals surface area (Å²) >= 11 is 0. The fraction of sp³-hybridized carbons (Fsp3) is 0.576. The molecule has 1 aliphatic heterocycles. The van der Waals surface area contributed by atoms with E-state index < -0.39 is 10.0 Å². The van der Waals surface area contributed by atoms with E-state index in [2.05, 4.69) is 66.8 Å². The summed E-state index contributed by atoms with van der Waals surface area (Å²) < 4.78 is 6.03. The molecule has 8 nitrogen and oxygen atoms in total. The van der Waals surface area contributed by atoms with Crippen molar-refractivity contribution in [3.05, 3.63) is 52.6 Å². The van der Waals surface area contributed by atoms with Crippen LogP contribution in [0.25, 0.3) is 6.08 Å². The van der Waals surface area contributed by atoms with Gasteiger partial charge in [0.15, 0.2) is 0 Å². The molecule has 2 aromatic rings. The number of hydrogen-bond donors (Lipinski definition) is 2. The van der Waals surface area contributed by atoms with E-state index >= 15 is 0 Å². The molecule has 2 N–H and O–H groups in total. The highest BCUT2D eigenvalue weighted by Gasteiger charge is 2.28. The van der Waals surface area contributed by atoms with E-state index in [4.69, 9.17) is 9.72 Å². The molecule has 0 saturated carbocycles. The van der Waals surface area contributed by atoms with E-state index in [9.17, 15) is 9.59 Å². The summed E-state index contributed by atoms with van der Waals surface area (Å²) in [4.78, 5) is 37.2. The zero-order valence-corrected chi connectivity index (χ0v) is 27.3. The van der Waals surface area contributed by atoms with Crippen molar-refractivity contribution in [2.45, 2.75) is 65.8 Å². The Morgan fingerprint density at radius 3 is 2.60 bits per heavy atom. The van der Waals surface area contributed by atoms with Gasteiger partial charge in [0, 0.05) is 30.5 Å². The second-order valence-electron chi connectivity index (χ2n) is 12.5. The average Bonchev–Trinajstić information content (AvgIpc) is 3.35. The molecule has 0 spiro atoms. The van der Waals surface area contributed by atoms with E-state index in [1.165, 1.54) is 11.3 Å². The number of anilines is 2. The molecule has 1 saturated heterocycles. The van der Waals surface area contributed by atoms with Crippen molar-refractivity contribution in [1.82, 2.24) is 14.9 Å². The minimum Gasteiger partial charge on any atom is -0.381 e. The van der Waals surface area contributed by atoms with Crippen LogP contribution in [-0.2, 0) is 9.53 Å². The second-order valence-corrected chi connectivity index (χ2v) is 17.0. The van der Waals surface area contributed by atoms with Crippen molar-refractivity contribution in [2.75, 3.05) is 61.0 Å². The number of ether oxygens (including phenoxy) is 1. The summed E-state index contributed by atoms with van der Waals surface area (Å²) in [6.07, 6.45) is 13.4. The smallest absolute Gasteiger partial charge is 0.257 e. The zero-order chi connectivity index (χ0) is 30.4. The number of allylic oxidation sites excluding steroid dienone is 1. The first kappa shape index (κ1) is 32.2. The molecule has 3 heterocycles. The molecule has 1 aliphatic carbocycles. The number of carbonyl (C=O) groups excluding carboxylic acids is 2. The molecule has 4 rings (SSSR count). The zero-order valence-electron chi connectivity index (χ0n) is 26.5. The van der Waals surface area contributed by atoms with Crippen LogP contribution in [-0.4, -0.2) is 83.0 Å². The van der Waals surface area contributed by atoms with Gasteiger partial charge in [-0.15, -0.1) is 0 Å². The van der Waals surface area contributed by atoms with Gasteiger partial charge in [0.2, 0.25) is 5.91 Å². The lowest BCUT2D eigenvalue weighted by molar-refractivity contribution is -0.117. The van der Waals surface area contributed by atoms with Crippen LogP contribution in [0.5, 0.6) is 0 Å². The number of nitrogens with zero attached hydrogens (tertiary/aromatic N) is 3. The van der Waals surface area contributed by atoms with Crippen LogP contribution in [0, 0.1) is 12.8 Å². The summed E-state index contributed by atoms with van der Waals surface area (Å²) in [6.45, 7) is 13.5. The summed E-state index contributed by atoms with van der Waals surface area (Å²) in [5.41, 5.74) is 5.60. The number of amides is 2. The highest BCUT2D eigenvalue weighted by Crippen LogP contribution is 2.40. The molecular formula is C33H49N5O3S. The second kappa shape index (κ2) is 14.1. The molecule has 2 amide bonds. The van der Waals surface area contributed by atoms with Crippen molar-refractivity contribution in [3.8, 4) is 0 Å². The monoisotopic (exact) mass is 595 g/mol. The standard InChI is InChI=1S/C33H49N5O3S/c1-8-42(6,7)15-14-41-13-11-29-22(2)16-26-17-27(19-35-32(26)24(29)4)33(40)37-30-18-28(20-34-25(30)5)36-31(39)21-38-12-9-10-23(38)3/h16-20,23-24,29H,8-15,21H2,1-7H3,(H,36,39)(H,37,40)/t23-,24?,29?/m0/s1. The van der Waals surface area contributed by atoms with Gasteiger partial charge in [-0.05, 0) is 88.5 Å². The van der Waals surface area contributed by atoms with Gasteiger partial charge in [-0.1, -0.05) is 25.5 Å². The third-order valence-corrected chi connectivity index (χ3v) is 11.8. The number of aryl methyl sites for hydroxylation is 1. The van der Waals surface area contributed by atoms with Gasteiger partial charge in [-0.25, -0.2) is 10.0 Å². The van der Waals surface area contributed by atoms with Gasteiger partial charge in [0.1, 0.15) is 0 Å². The van der Waals surface area contributed by atoms with Gasteiger partial charge >= 0.3 is 0 Å². The maximum atomic E-state index is 13.3. The fourth-order valence-electron chi connectivity index (χ4n) is 5.80. The van der Waals surface area contributed by atoms with E-state index in [0.29, 0.717) is 41.1 Å². The van der Waals surface area contributed by atoms with Crippen molar-refractivity contribution in [3.63, 3.8) is 0 Å². The van der Waals surface area contributed by atoms with Crippen LogP contribution >= 0.6 is 10.0 Å². The maximum absolute atomic E-state index is 13.3. The first-order chi connectivity index (χ1) is 20.0. The Morgan fingerprint density at radius 2 is 1.88 bits per heavy atom. The molecule has 0 aromatic carbocycles. The van der Waals surface area contributed by atoms with Crippen LogP contribution in [0.2, 0.25) is 0 Å². The van der Waals surface area contributed by atoms with E-state index in [0.717, 1.165) is 56.0 Å². The van der Waals surface area contributed by atoms with Crippen LogP contribution < -0.4 is 10.6 Å². The van der Waals surface area contributed by atoms with Gasteiger partial charge in [-0.2, -0.15) is 0 Å². The van der Waals surface area contributed by atoms with Crippen LogP contribution in [0.3, 0.4) is 0 Å². The minimum absolute atomic E-state index is 0.0758. The Morgan fingerprint density at radius 1 is 1.10 bits per heavy atom. The third-order valence-electron chi connectivity index (χ3n) is 9.01. The topological polar surface area (TPSA) is 96.5 Å². The SMILES string of the molecule is CCS(C)(C)CCOCCC1C(C)=Cc2cc(C(=O)Nc3cc(NC(=O)CN4CCC[C@@H]4C)cnc3C)cnc2C1C. The van der Waals surface area contributed by atoms with E-state index in [1.807, 2.05) is 13.0 Å². The van der Waals surface area contributed by atoms with Gasteiger partial charge < -0.3 is 15.4 Å². The van der Waals surface area contributed by atoms with Crippen molar-refractivity contribution in [2.24, 2.45) is 5.92 Å². The summed E-state index contributed by atoms with van der Waals surface area (Å²) in [6, 6.07) is 4.11. The molecule has 0 bridgehead atoms. The summed E-state index contributed by atoms with van der Waals surface area (Å²) in [5.74, 6) is 2.68. The number of fused-ring (bicyclic) bond motifs is 1. The molecule has 2 aliphatic rings. The number of hydrogen-bond acceptors (Lipinski definition) is 6. The van der Waals surface area contributed by atoms with Gasteiger partial charge in [0.25, 0.3) is 5.91 Å². The molecule has 9 heteroatoms. The highest BCUT2D eigenvalue weighted by atomic mass is 32.3. The predicted molar refractivity (Wildman–Crippen MR) is 176 cm³/mol. The summed E-state index contributed by atoms with van der Waals surface area (Å²) in [7, 11) is -0.534. The molecule has 1 fully saturated rings. The van der Waals surface area contributed by atoms with E-state index in [-0.39, 0.29) is 17.7 Å². The predicted octanol–water partition coefficient (Wildman–Crippen LogP) is 6.09. The first-order valence-electron chi connectivity index (χ1n) is 15.2. The number of pyridine rings is 2. The Bertz CT molecular complexity index is 1310. The van der Waals surface area contributed by atoms with Crippen molar-refractivity contribution >= 4 is 39.3 Å². The minimum atomic E-state index is -0.534. The fourth-order valence-corrected chi connectivity index (χ4v) is 6.66. The van der Waals surface area contributed by atoms with Crippen LogP contribution in [0.1, 0.15) is 80.2 Å². The highest BCUT2D eigenvalue weighted by molar-refractivity contribution is 8.32. The normalized spacial score (nSPS) is 21.0. The lowest BCUT2D eigenvalue weighted by Gasteiger charge is -2.31. The Labute approximate surface area is 253 Å². The largest absolute Gasteiger partial charge is 0.381 e. The Hall–Kier alpha value is -2.75. The quantitative estimate of drug-likeness (QED) is 0.289. The Balaban J connectivity index is 1.36. The molecular weight excluding hydrogens is 546 g/mol. The van der Waals surface area contributed by atoms with Crippen LogP contribution in [0.15, 0.2) is 30.1 Å². The number of aromatic nitrogens is 2. The lowest BCUT2D eigenvalue weighted by atomic mass is 9.77. The van der Waals surface area contributed by atoms with Crippen molar-refractivity contribution < 1.29 is 14.3 Å². The van der Waals surface area contributed by atoms with Crippen LogP contribution in [0.4, 0.5) is 11.4 Å². The third kappa shape index (κ3) is 8.20. The average molecular weight is 596 g/mol. The van der Waals surface area contributed by atoms with Crippen molar-refractivity contribution in [1.29, 1.82) is 0 Å². The molecule has 3 atom stereocenters. The lowest BCUT2D eigenvalue weighted by Crippen LogP contribution is -2.35. The van der Waals surface area contributed by atoms with E-state index in [1.54, 1.807) is 18.5 Å². The Kier molecular flexibility index (Phi) is 10.8. The number of rotatable bonds is 12. The van der Waals surface area contributed by atoms with Gasteiger partial charge in [-0.3, -0.25) is 24.5 Å². The van der Waals surface area contributed by atoms with Gasteiger partial charge in [0.05, 0.1) is 47.7 Å². The molecule has 42 heavy (non-hydrogen) atoms. The molecule has 2 unspecified atom stereocenters. The number of likely N-dealkylation sites (tertiary alicyclic amines) is 1. The summed E-state index contributed by atoms with van der Waals surface area (Å²) in [5, 5.41) is 5.91. The molecule has 0 radical (unpaired) electrons. The molecule has 2 aromatic heterocycles. The number of nitrogens with one attached hydrogen (secondary N) is 2. The first-order valence-corrected chi connectivity index (χ1v) is 18.0.